The van der Waals surface area contributed by atoms with Crippen molar-refractivity contribution in [2.24, 2.45) is 5.73 Å². The maximum Gasteiger partial charge on any atom is 0.236 e. The molecule has 1 aromatic carbocycles. The first-order valence-corrected chi connectivity index (χ1v) is 6.12. The molecule has 0 bridgehead atoms. The van der Waals surface area contributed by atoms with E-state index in [0.717, 1.165) is 17.0 Å². The molecule has 0 radical (unpaired) electrons. The summed E-state index contributed by atoms with van der Waals surface area (Å²) >= 11 is 0. The van der Waals surface area contributed by atoms with Gasteiger partial charge < -0.3 is 10.5 Å². The van der Waals surface area contributed by atoms with Crippen LogP contribution < -0.4 is 10.5 Å². The van der Waals surface area contributed by atoms with Crippen molar-refractivity contribution in [3.8, 4) is 5.75 Å². The van der Waals surface area contributed by atoms with Crippen molar-refractivity contribution in [2.75, 3.05) is 13.7 Å². The molecule has 5 nitrogen and oxygen atoms in total. The Balaban J connectivity index is 2.11. The van der Waals surface area contributed by atoms with Gasteiger partial charge in [-0.1, -0.05) is 18.2 Å². The number of rotatable bonds is 5. The highest BCUT2D eigenvalue weighted by atomic mass is 16.5. The Morgan fingerprint density at radius 2 is 2.21 bits per heavy atom. The fraction of sp³-hybridized carbons (Fsp3) is 0.286. The summed E-state index contributed by atoms with van der Waals surface area (Å²) in [4.78, 5) is 16.3. The van der Waals surface area contributed by atoms with Gasteiger partial charge in [-0.2, -0.15) is 0 Å². The molecule has 0 spiro atoms. The fourth-order valence-corrected chi connectivity index (χ4v) is 1.88. The van der Waals surface area contributed by atoms with Gasteiger partial charge in [-0.25, -0.2) is 4.98 Å². The normalized spacial score (nSPS) is 10.4. The van der Waals surface area contributed by atoms with Crippen LogP contribution in [0.25, 0.3) is 0 Å². The molecular weight excluding hydrogens is 242 g/mol. The number of methoxy groups -OCH3 is 1. The first kappa shape index (κ1) is 13.3. The number of benzene rings is 1. The number of nitrogens with two attached hydrogens (primary N) is 1. The molecule has 19 heavy (non-hydrogen) atoms. The summed E-state index contributed by atoms with van der Waals surface area (Å²) in [5.41, 5.74) is 7.15. The third-order valence-corrected chi connectivity index (χ3v) is 2.86. The van der Waals surface area contributed by atoms with E-state index >= 15 is 0 Å². The minimum absolute atomic E-state index is 0.0414. The van der Waals surface area contributed by atoms with Crippen LogP contribution in [0, 0.1) is 0 Å². The molecule has 0 aliphatic heterocycles. The van der Waals surface area contributed by atoms with E-state index in [1.54, 1.807) is 13.3 Å². The SMILES string of the molecule is COc1ccccc1CC(=O)n1cnc(CCN)c1. The lowest BCUT2D eigenvalue weighted by Gasteiger charge is -2.07. The van der Waals surface area contributed by atoms with E-state index in [-0.39, 0.29) is 12.3 Å². The molecule has 5 heteroatoms. The third kappa shape index (κ3) is 3.20. The van der Waals surface area contributed by atoms with Crippen LogP contribution in [0.1, 0.15) is 16.1 Å². The Morgan fingerprint density at radius 3 is 2.95 bits per heavy atom. The summed E-state index contributed by atoms with van der Waals surface area (Å²) in [7, 11) is 1.60. The van der Waals surface area contributed by atoms with Crippen molar-refractivity contribution in [2.45, 2.75) is 12.8 Å². The van der Waals surface area contributed by atoms with E-state index < -0.39 is 0 Å². The Hall–Kier alpha value is -2.14. The van der Waals surface area contributed by atoms with Crippen molar-refractivity contribution in [1.29, 1.82) is 0 Å². The van der Waals surface area contributed by atoms with Gasteiger partial charge in [0.05, 0.1) is 19.2 Å². The molecule has 0 saturated heterocycles. The smallest absolute Gasteiger partial charge is 0.236 e. The van der Waals surface area contributed by atoms with Gasteiger partial charge in [0.1, 0.15) is 12.1 Å². The number of carbonyl (C=O) groups excluding carboxylic acids is 1. The standard InChI is InChI=1S/C14H17N3O2/c1-19-13-5-3-2-4-11(13)8-14(18)17-9-12(6-7-15)16-10-17/h2-5,9-10H,6-8,15H2,1H3. The second kappa shape index (κ2) is 6.15. The predicted octanol–water partition coefficient (Wildman–Crippen LogP) is 1.28. The Kier molecular flexibility index (Phi) is 4.30. The molecule has 2 aromatic rings. The van der Waals surface area contributed by atoms with Crippen molar-refractivity contribution in [3.05, 3.63) is 48.0 Å². The van der Waals surface area contributed by atoms with Gasteiger partial charge >= 0.3 is 0 Å². The Bertz CT molecular complexity index is 563. The zero-order valence-corrected chi connectivity index (χ0v) is 10.9. The minimum Gasteiger partial charge on any atom is -0.496 e. The fourth-order valence-electron chi connectivity index (χ4n) is 1.88. The summed E-state index contributed by atoms with van der Waals surface area (Å²) in [6.45, 7) is 0.526. The predicted molar refractivity (Wildman–Crippen MR) is 72.3 cm³/mol. The average Bonchev–Trinajstić information content (AvgIpc) is 2.88. The highest BCUT2D eigenvalue weighted by molar-refractivity contribution is 5.81. The van der Waals surface area contributed by atoms with Crippen LogP contribution in [0.3, 0.4) is 0 Å². The molecule has 0 amide bonds. The summed E-state index contributed by atoms with van der Waals surface area (Å²) in [6, 6.07) is 7.49. The highest BCUT2D eigenvalue weighted by Gasteiger charge is 2.10. The zero-order valence-electron chi connectivity index (χ0n) is 10.9. The molecule has 0 unspecified atom stereocenters. The van der Waals surface area contributed by atoms with Gasteiger partial charge in [-0.3, -0.25) is 9.36 Å². The number of nitrogens with zero attached hydrogens (tertiary/aromatic N) is 2. The van der Waals surface area contributed by atoms with E-state index in [1.807, 2.05) is 24.3 Å². The van der Waals surface area contributed by atoms with Crippen LogP contribution in [0.5, 0.6) is 5.75 Å². The van der Waals surface area contributed by atoms with Crippen molar-refractivity contribution in [1.82, 2.24) is 9.55 Å². The number of aromatic nitrogens is 2. The zero-order chi connectivity index (χ0) is 13.7. The number of para-hydroxylation sites is 1. The first-order valence-electron chi connectivity index (χ1n) is 6.12. The van der Waals surface area contributed by atoms with Gasteiger partial charge in [0.15, 0.2) is 0 Å². The van der Waals surface area contributed by atoms with Crippen LogP contribution in [-0.2, 0) is 12.8 Å². The van der Waals surface area contributed by atoms with E-state index in [1.165, 1.54) is 10.9 Å². The molecule has 2 N–H and O–H groups in total. The molecule has 1 aromatic heterocycles. The lowest BCUT2D eigenvalue weighted by Crippen LogP contribution is -2.12. The largest absolute Gasteiger partial charge is 0.496 e. The van der Waals surface area contributed by atoms with E-state index in [0.29, 0.717) is 13.0 Å². The highest BCUT2D eigenvalue weighted by Crippen LogP contribution is 2.18. The van der Waals surface area contributed by atoms with Gasteiger partial charge in [0.2, 0.25) is 5.91 Å². The summed E-state index contributed by atoms with van der Waals surface area (Å²) in [5, 5.41) is 0. The molecule has 0 aliphatic rings. The van der Waals surface area contributed by atoms with Gasteiger partial charge in [0, 0.05) is 18.2 Å². The van der Waals surface area contributed by atoms with Crippen LogP contribution in [0.4, 0.5) is 0 Å². The van der Waals surface area contributed by atoms with Crippen LogP contribution in [-0.4, -0.2) is 29.1 Å². The Labute approximate surface area is 112 Å². The number of ether oxygens (including phenoxy) is 1. The molecule has 2 rings (SSSR count). The van der Waals surface area contributed by atoms with Crippen molar-refractivity contribution in [3.63, 3.8) is 0 Å². The maximum absolute atomic E-state index is 12.1. The van der Waals surface area contributed by atoms with Gasteiger partial charge in [-0.15, -0.1) is 0 Å². The van der Waals surface area contributed by atoms with Gasteiger partial charge in [0.25, 0.3) is 0 Å². The monoisotopic (exact) mass is 259 g/mol. The number of carbonyl (C=O) groups is 1. The topological polar surface area (TPSA) is 70.1 Å². The van der Waals surface area contributed by atoms with Gasteiger partial charge in [-0.05, 0) is 12.6 Å². The lowest BCUT2D eigenvalue weighted by atomic mass is 10.1. The third-order valence-electron chi connectivity index (χ3n) is 2.86. The maximum atomic E-state index is 12.1. The quantitative estimate of drug-likeness (QED) is 0.878. The summed E-state index contributed by atoms with van der Waals surface area (Å²) < 4.78 is 6.73. The molecule has 0 aliphatic carbocycles. The number of imidazole rings is 1. The minimum atomic E-state index is -0.0414. The number of hydrogen-bond donors (Lipinski definition) is 1. The van der Waals surface area contributed by atoms with Crippen molar-refractivity contribution < 1.29 is 9.53 Å². The van der Waals surface area contributed by atoms with E-state index in [4.69, 9.17) is 10.5 Å². The Morgan fingerprint density at radius 1 is 1.42 bits per heavy atom. The lowest BCUT2D eigenvalue weighted by molar-refractivity contribution is 0.0913. The summed E-state index contributed by atoms with van der Waals surface area (Å²) in [6.07, 6.45) is 4.21. The average molecular weight is 259 g/mol. The second-order valence-electron chi connectivity index (χ2n) is 4.19. The molecule has 0 fully saturated rings. The molecular formula is C14H17N3O2. The van der Waals surface area contributed by atoms with E-state index in [9.17, 15) is 4.79 Å². The number of hydrogen-bond acceptors (Lipinski definition) is 4. The molecule has 0 saturated carbocycles. The molecule has 100 valence electrons. The van der Waals surface area contributed by atoms with Crippen LogP contribution in [0.2, 0.25) is 0 Å². The molecule has 0 atom stereocenters. The first-order chi connectivity index (χ1) is 9.24. The molecule has 1 heterocycles. The summed E-state index contributed by atoms with van der Waals surface area (Å²) in [5.74, 6) is 0.679. The van der Waals surface area contributed by atoms with Crippen LogP contribution in [0.15, 0.2) is 36.8 Å². The second-order valence-corrected chi connectivity index (χ2v) is 4.19. The van der Waals surface area contributed by atoms with E-state index in [2.05, 4.69) is 4.98 Å². The van der Waals surface area contributed by atoms with Crippen LogP contribution >= 0.6 is 0 Å². The van der Waals surface area contributed by atoms with Crippen molar-refractivity contribution >= 4 is 5.91 Å².